The third kappa shape index (κ3) is 2.89. The molecule has 1 amide bonds. The van der Waals surface area contributed by atoms with Crippen LogP contribution in [0.5, 0.6) is 0 Å². The van der Waals surface area contributed by atoms with Crippen molar-refractivity contribution in [3.05, 3.63) is 23.2 Å². The van der Waals surface area contributed by atoms with E-state index in [0.29, 0.717) is 37.6 Å². The molecule has 1 fully saturated rings. The second-order valence-corrected chi connectivity index (χ2v) is 4.36. The van der Waals surface area contributed by atoms with Gasteiger partial charge in [-0.25, -0.2) is 4.79 Å². The lowest BCUT2D eigenvalue weighted by atomic mass is 10.2. The molecule has 1 aliphatic rings. The van der Waals surface area contributed by atoms with E-state index in [0.717, 1.165) is 6.54 Å². The van der Waals surface area contributed by atoms with E-state index in [1.807, 2.05) is 0 Å². The molecule has 6 nitrogen and oxygen atoms in total. The van der Waals surface area contributed by atoms with E-state index in [4.69, 9.17) is 9.52 Å². The quantitative estimate of drug-likeness (QED) is 0.823. The van der Waals surface area contributed by atoms with Crippen molar-refractivity contribution in [2.75, 3.05) is 19.6 Å². The highest BCUT2D eigenvalue weighted by molar-refractivity contribution is 5.88. The molecule has 2 heterocycles. The van der Waals surface area contributed by atoms with Crippen LogP contribution in [0.3, 0.4) is 0 Å². The highest BCUT2D eigenvalue weighted by Gasteiger charge is 2.18. The van der Waals surface area contributed by atoms with E-state index in [1.165, 1.54) is 0 Å². The molecule has 2 rings (SSSR count). The summed E-state index contributed by atoms with van der Waals surface area (Å²) in [6.07, 6.45) is 0.464. The molecule has 98 valence electrons. The van der Waals surface area contributed by atoms with E-state index in [1.54, 1.807) is 13.0 Å². The highest BCUT2D eigenvalue weighted by Crippen LogP contribution is 2.16. The first kappa shape index (κ1) is 12.6. The first-order valence-electron chi connectivity index (χ1n) is 5.88. The summed E-state index contributed by atoms with van der Waals surface area (Å²) in [7, 11) is 0. The number of aryl methyl sites for hydroxylation is 1. The lowest BCUT2D eigenvalue weighted by Crippen LogP contribution is -2.28. The fourth-order valence-corrected chi connectivity index (χ4v) is 2.03. The molecule has 1 aliphatic heterocycles. The molecule has 0 spiro atoms. The van der Waals surface area contributed by atoms with Gasteiger partial charge in [-0.05, 0) is 13.0 Å². The van der Waals surface area contributed by atoms with Crippen molar-refractivity contribution < 1.29 is 19.1 Å². The molecule has 0 radical (unpaired) electrons. The first-order chi connectivity index (χ1) is 8.56. The van der Waals surface area contributed by atoms with Gasteiger partial charge in [0, 0.05) is 26.1 Å². The molecule has 1 aromatic heterocycles. The Morgan fingerprint density at radius 3 is 3.00 bits per heavy atom. The zero-order valence-corrected chi connectivity index (χ0v) is 10.2. The predicted molar refractivity (Wildman–Crippen MR) is 63.3 cm³/mol. The van der Waals surface area contributed by atoms with Crippen LogP contribution >= 0.6 is 0 Å². The maximum absolute atomic E-state index is 11.2. The van der Waals surface area contributed by atoms with E-state index in [2.05, 4.69) is 10.2 Å². The van der Waals surface area contributed by atoms with Crippen molar-refractivity contribution in [3.63, 3.8) is 0 Å². The topological polar surface area (TPSA) is 82.8 Å². The van der Waals surface area contributed by atoms with Crippen LogP contribution in [-0.2, 0) is 11.3 Å². The van der Waals surface area contributed by atoms with Crippen molar-refractivity contribution in [2.45, 2.75) is 19.9 Å². The summed E-state index contributed by atoms with van der Waals surface area (Å²) in [6.45, 7) is 4.19. The average Bonchev–Trinajstić information content (AvgIpc) is 2.54. The smallest absolute Gasteiger partial charge is 0.339 e. The number of carboxylic acid groups (broad SMARTS) is 1. The number of nitrogens with zero attached hydrogens (tertiary/aromatic N) is 1. The number of rotatable bonds is 3. The van der Waals surface area contributed by atoms with Crippen LogP contribution in [0.25, 0.3) is 0 Å². The largest absolute Gasteiger partial charge is 0.478 e. The van der Waals surface area contributed by atoms with E-state index in [9.17, 15) is 9.59 Å². The van der Waals surface area contributed by atoms with Crippen LogP contribution in [0.4, 0.5) is 0 Å². The third-order valence-corrected chi connectivity index (χ3v) is 2.98. The molecule has 1 aromatic rings. The van der Waals surface area contributed by atoms with Gasteiger partial charge in [-0.3, -0.25) is 9.69 Å². The fourth-order valence-electron chi connectivity index (χ4n) is 2.03. The molecular formula is C12H16N2O4. The van der Waals surface area contributed by atoms with Gasteiger partial charge in [0.25, 0.3) is 0 Å². The predicted octanol–water partition coefficient (Wildman–Crippen LogP) is 0.608. The van der Waals surface area contributed by atoms with Gasteiger partial charge in [-0.15, -0.1) is 0 Å². The molecule has 6 heteroatoms. The van der Waals surface area contributed by atoms with Crippen molar-refractivity contribution >= 4 is 11.9 Å². The number of hydrogen-bond donors (Lipinski definition) is 2. The number of amides is 1. The second kappa shape index (κ2) is 5.22. The Bertz CT molecular complexity index is 467. The third-order valence-electron chi connectivity index (χ3n) is 2.98. The molecule has 0 aliphatic carbocycles. The highest BCUT2D eigenvalue weighted by atomic mass is 16.4. The van der Waals surface area contributed by atoms with E-state index < -0.39 is 5.97 Å². The molecular weight excluding hydrogens is 236 g/mol. The van der Waals surface area contributed by atoms with Gasteiger partial charge in [0.15, 0.2) is 0 Å². The number of nitrogens with one attached hydrogen (secondary N) is 1. The summed E-state index contributed by atoms with van der Waals surface area (Å²) in [4.78, 5) is 24.2. The minimum atomic E-state index is -0.977. The summed E-state index contributed by atoms with van der Waals surface area (Å²) in [5, 5.41) is 11.7. The van der Waals surface area contributed by atoms with Crippen LogP contribution in [0.15, 0.2) is 10.5 Å². The van der Waals surface area contributed by atoms with E-state index in [-0.39, 0.29) is 11.5 Å². The maximum atomic E-state index is 11.2. The molecule has 1 saturated heterocycles. The van der Waals surface area contributed by atoms with Gasteiger partial charge in [-0.1, -0.05) is 0 Å². The van der Waals surface area contributed by atoms with Gasteiger partial charge in [0.2, 0.25) is 5.91 Å². The zero-order chi connectivity index (χ0) is 13.1. The monoisotopic (exact) mass is 252 g/mol. The van der Waals surface area contributed by atoms with Gasteiger partial charge in [0.05, 0.1) is 6.54 Å². The number of furan rings is 1. The Labute approximate surface area is 105 Å². The number of carbonyl (C=O) groups excluding carboxylic acids is 1. The summed E-state index contributed by atoms with van der Waals surface area (Å²) >= 11 is 0. The molecule has 0 aromatic carbocycles. The van der Waals surface area contributed by atoms with Gasteiger partial charge < -0.3 is 14.8 Å². The zero-order valence-electron chi connectivity index (χ0n) is 10.2. The normalized spacial score (nSPS) is 17.3. The SMILES string of the molecule is Cc1oc(CN2CCNC(=O)CC2)cc1C(=O)O. The van der Waals surface area contributed by atoms with Gasteiger partial charge in [0.1, 0.15) is 17.1 Å². The lowest BCUT2D eigenvalue weighted by Gasteiger charge is -2.16. The Morgan fingerprint density at radius 2 is 2.33 bits per heavy atom. The minimum Gasteiger partial charge on any atom is -0.478 e. The maximum Gasteiger partial charge on any atom is 0.339 e. The Balaban J connectivity index is 2.02. The van der Waals surface area contributed by atoms with Crippen LogP contribution in [0.1, 0.15) is 28.3 Å². The molecule has 2 N–H and O–H groups in total. The average molecular weight is 252 g/mol. The molecule has 0 saturated carbocycles. The van der Waals surface area contributed by atoms with Crippen LogP contribution in [0.2, 0.25) is 0 Å². The fraction of sp³-hybridized carbons (Fsp3) is 0.500. The summed E-state index contributed by atoms with van der Waals surface area (Å²) in [5.41, 5.74) is 0.203. The van der Waals surface area contributed by atoms with Crippen LogP contribution in [-0.4, -0.2) is 41.5 Å². The minimum absolute atomic E-state index is 0.0550. The number of hydrogen-bond acceptors (Lipinski definition) is 4. The van der Waals surface area contributed by atoms with Gasteiger partial charge >= 0.3 is 5.97 Å². The Hall–Kier alpha value is -1.82. The number of aromatic carboxylic acids is 1. The molecule has 0 bridgehead atoms. The van der Waals surface area contributed by atoms with Crippen molar-refractivity contribution in [1.29, 1.82) is 0 Å². The summed E-state index contributed by atoms with van der Waals surface area (Å²) < 4.78 is 5.42. The van der Waals surface area contributed by atoms with Crippen LogP contribution in [0, 0.1) is 6.92 Å². The standard InChI is InChI=1S/C12H16N2O4/c1-8-10(12(16)17)6-9(18-8)7-14-4-2-11(15)13-3-5-14/h6H,2-5,7H2,1H3,(H,13,15)(H,16,17). The van der Waals surface area contributed by atoms with Gasteiger partial charge in [-0.2, -0.15) is 0 Å². The van der Waals surface area contributed by atoms with Crippen molar-refractivity contribution in [2.24, 2.45) is 0 Å². The number of carboxylic acids is 1. The Kier molecular flexibility index (Phi) is 3.66. The number of carbonyl (C=O) groups is 2. The van der Waals surface area contributed by atoms with E-state index >= 15 is 0 Å². The molecule has 0 atom stereocenters. The van der Waals surface area contributed by atoms with Crippen molar-refractivity contribution in [3.8, 4) is 0 Å². The lowest BCUT2D eigenvalue weighted by molar-refractivity contribution is -0.120. The Morgan fingerprint density at radius 1 is 1.56 bits per heavy atom. The molecule has 18 heavy (non-hydrogen) atoms. The van der Waals surface area contributed by atoms with Crippen LogP contribution < -0.4 is 5.32 Å². The summed E-state index contributed by atoms with van der Waals surface area (Å²) in [5.74, 6) is 0.121. The molecule has 0 unspecified atom stereocenters. The first-order valence-corrected chi connectivity index (χ1v) is 5.88. The van der Waals surface area contributed by atoms with Crippen molar-refractivity contribution in [1.82, 2.24) is 10.2 Å². The summed E-state index contributed by atoms with van der Waals surface area (Å²) in [6, 6.07) is 1.55. The second-order valence-electron chi connectivity index (χ2n) is 4.36.